The van der Waals surface area contributed by atoms with Crippen molar-refractivity contribution in [2.45, 2.75) is 13.0 Å². The van der Waals surface area contributed by atoms with Crippen molar-refractivity contribution in [2.24, 2.45) is 0 Å². The van der Waals surface area contributed by atoms with Gasteiger partial charge in [-0.2, -0.15) is 0 Å². The first-order valence-electron chi connectivity index (χ1n) is 5.74. The molecule has 0 aliphatic heterocycles. The number of hydrogen-bond donors (Lipinski definition) is 1. The molecule has 0 spiro atoms. The zero-order chi connectivity index (χ0) is 14.7. The van der Waals surface area contributed by atoms with E-state index >= 15 is 0 Å². The Kier molecular flexibility index (Phi) is 4.23. The molecule has 1 heterocycles. The van der Waals surface area contributed by atoms with Gasteiger partial charge in [0.05, 0.1) is 6.04 Å². The van der Waals surface area contributed by atoms with Gasteiger partial charge in [-0.25, -0.2) is 13.6 Å². The number of carbonyl (C=O) groups is 1. The molecule has 1 aromatic heterocycles. The number of hydrogen-bond acceptors (Lipinski definition) is 4. The molecule has 0 bridgehead atoms. The molecular weight excluding hydrogens is 286 g/mol. The quantitative estimate of drug-likeness (QED) is 0.947. The van der Waals surface area contributed by atoms with E-state index in [1.165, 1.54) is 27.8 Å². The number of carbonyl (C=O) groups excluding carboxylic acids is 1. The number of anilines is 1. The number of benzene rings is 1. The molecule has 0 fully saturated rings. The minimum atomic E-state index is -0.938. The number of urea groups is 1. The fourth-order valence-electron chi connectivity index (χ4n) is 1.58. The summed E-state index contributed by atoms with van der Waals surface area (Å²) in [5.41, 5.74) is 1.99. The SMILES string of the molecule is C[C@@H](c1ccc(F)c(F)c1)N(C)C(=O)Nc1nncs1. The highest BCUT2D eigenvalue weighted by Crippen LogP contribution is 2.21. The van der Waals surface area contributed by atoms with Crippen LogP contribution in [0.2, 0.25) is 0 Å². The second-order valence-corrected chi connectivity index (χ2v) is 4.97. The Morgan fingerprint density at radius 3 is 2.75 bits per heavy atom. The van der Waals surface area contributed by atoms with Crippen LogP contribution in [0.15, 0.2) is 23.7 Å². The summed E-state index contributed by atoms with van der Waals surface area (Å²) in [5, 5.41) is 10.2. The Labute approximate surface area is 118 Å². The summed E-state index contributed by atoms with van der Waals surface area (Å²) < 4.78 is 26.1. The summed E-state index contributed by atoms with van der Waals surface area (Å²) in [5.74, 6) is -1.85. The summed E-state index contributed by atoms with van der Waals surface area (Å²) in [6.07, 6.45) is 0. The number of rotatable bonds is 3. The van der Waals surface area contributed by atoms with E-state index in [0.29, 0.717) is 10.7 Å². The average Bonchev–Trinajstić information content (AvgIpc) is 2.93. The topological polar surface area (TPSA) is 58.1 Å². The van der Waals surface area contributed by atoms with Gasteiger partial charge < -0.3 is 4.90 Å². The molecule has 0 aliphatic carbocycles. The van der Waals surface area contributed by atoms with E-state index in [1.807, 2.05) is 0 Å². The van der Waals surface area contributed by atoms with Gasteiger partial charge in [0, 0.05) is 7.05 Å². The molecule has 20 heavy (non-hydrogen) atoms. The third-order valence-electron chi connectivity index (χ3n) is 2.90. The van der Waals surface area contributed by atoms with Crippen molar-refractivity contribution in [2.75, 3.05) is 12.4 Å². The van der Waals surface area contributed by atoms with Gasteiger partial charge in [-0.05, 0) is 24.6 Å². The van der Waals surface area contributed by atoms with Gasteiger partial charge in [-0.15, -0.1) is 10.2 Å². The maximum absolute atomic E-state index is 13.2. The van der Waals surface area contributed by atoms with Gasteiger partial charge in [0.2, 0.25) is 5.13 Å². The van der Waals surface area contributed by atoms with E-state index in [1.54, 1.807) is 14.0 Å². The van der Waals surface area contributed by atoms with Crippen LogP contribution in [0.25, 0.3) is 0 Å². The predicted molar refractivity (Wildman–Crippen MR) is 71.5 cm³/mol. The van der Waals surface area contributed by atoms with Crippen molar-refractivity contribution in [3.63, 3.8) is 0 Å². The van der Waals surface area contributed by atoms with Crippen LogP contribution in [0.3, 0.4) is 0 Å². The molecule has 5 nitrogen and oxygen atoms in total. The zero-order valence-electron chi connectivity index (χ0n) is 10.8. The Hall–Kier alpha value is -2.09. The lowest BCUT2D eigenvalue weighted by molar-refractivity contribution is 0.208. The molecule has 0 saturated carbocycles. The summed E-state index contributed by atoms with van der Waals surface area (Å²) in [7, 11) is 1.56. The first-order chi connectivity index (χ1) is 9.49. The van der Waals surface area contributed by atoms with E-state index in [4.69, 9.17) is 0 Å². The number of aromatic nitrogens is 2. The molecular formula is C12H12F2N4OS. The number of nitrogens with one attached hydrogen (secondary N) is 1. The van der Waals surface area contributed by atoms with Crippen LogP contribution in [-0.2, 0) is 0 Å². The molecule has 0 unspecified atom stereocenters. The van der Waals surface area contributed by atoms with Crippen molar-refractivity contribution in [3.05, 3.63) is 40.9 Å². The van der Waals surface area contributed by atoms with Crippen molar-refractivity contribution in [1.82, 2.24) is 15.1 Å². The van der Waals surface area contributed by atoms with Crippen LogP contribution in [0.5, 0.6) is 0 Å². The van der Waals surface area contributed by atoms with E-state index in [2.05, 4.69) is 15.5 Å². The van der Waals surface area contributed by atoms with Crippen LogP contribution < -0.4 is 5.32 Å². The van der Waals surface area contributed by atoms with Crippen LogP contribution in [0, 0.1) is 11.6 Å². The first kappa shape index (κ1) is 14.3. The van der Waals surface area contributed by atoms with Gasteiger partial charge in [0.25, 0.3) is 0 Å². The number of nitrogens with zero attached hydrogens (tertiary/aromatic N) is 3. The van der Waals surface area contributed by atoms with E-state index in [9.17, 15) is 13.6 Å². The maximum atomic E-state index is 13.2. The molecule has 1 atom stereocenters. The lowest BCUT2D eigenvalue weighted by Gasteiger charge is -2.25. The molecule has 106 valence electrons. The Balaban J connectivity index is 2.09. The fraction of sp³-hybridized carbons (Fsp3) is 0.250. The highest BCUT2D eigenvalue weighted by molar-refractivity contribution is 7.13. The summed E-state index contributed by atoms with van der Waals surface area (Å²) in [6, 6.07) is 2.74. The molecule has 1 N–H and O–H groups in total. The van der Waals surface area contributed by atoms with Gasteiger partial charge in [-0.3, -0.25) is 5.32 Å². The summed E-state index contributed by atoms with van der Waals surface area (Å²) >= 11 is 1.19. The second-order valence-electron chi connectivity index (χ2n) is 4.13. The number of halogens is 2. The van der Waals surface area contributed by atoms with Crippen LogP contribution >= 0.6 is 11.3 Å². The van der Waals surface area contributed by atoms with E-state index in [0.717, 1.165) is 12.1 Å². The summed E-state index contributed by atoms with van der Waals surface area (Å²) in [6.45, 7) is 1.71. The fourth-order valence-corrected chi connectivity index (χ4v) is 2.01. The monoisotopic (exact) mass is 298 g/mol. The minimum Gasteiger partial charge on any atom is -0.321 e. The standard InChI is InChI=1S/C12H12F2N4OS/c1-7(8-3-4-9(13)10(14)5-8)18(2)12(19)16-11-17-15-6-20-11/h3-7H,1-2H3,(H,16,17,19)/t7-/m0/s1. The molecule has 1 aromatic carbocycles. The van der Waals surface area contributed by atoms with Gasteiger partial charge in [-0.1, -0.05) is 17.4 Å². The first-order valence-corrected chi connectivity index (χ1v) is 6.62. The second kappa shape index (κ2) is 5.91. The van der Waals surface area contributed by atoms with Gasteiger partial charge in [0.15, 0.2) is 11.6 Å². The molecule has 2 aromatic rings. The largest absolute Gasteiger partial charge is 0.323 e. The lowest BCUT2D eigenvalue weighted by Crippen LogP contribution is -2.33. The van der Waals surface area contributed by atoms with Crippen molar-refractivity contribution < 1.29 is 13.6 Å². The zero-order valence-corrected chi connectivity index (χ0v) is 11.6. The van der Waals surface area contributed by atoms with Crippen molar-refractivity contribution in [1.29, 1.82) is 0 Å². The van der Waals surface area contributed by atoms with Crippen molar-refractivity contribution >= 4 is 22.5 Å². The third-order valence-corrected chi connectivity index (χ3v) is 3.51. The van der Waals surface area contributed by atoms with E-state index in [-0.39, 0.29) is 0 Å². The van der Waals surface area contributed by atoms with Crippen LogP contribution in [0.4, 0.5) is 18.7 Å². The maximum Gasteiger partial charge on any atom is 0.323 e. The van der Waals surface area contributed by atoms with Crippen molar-refractivity contribution in [3.8, 4) is 0 Å². The normalized spacial score (nSPS) is 12.0. The highest BCUT2D eigenvalue weighted by Gasteiger charge is 2.19. The molecule has 0 radical (unpaired) electrons. The Bertz CT molecular complexity index is 606. The predicted octanol–water partition coefficient (Wildman–Crippen LogP) is 3.04. The van der Waals surface area contributed by atoms with Gasteiger partial charge in [0.1, 0.15) is 5.51 Å². The Morgan fingerprint density at radius 2 is 2.15 bits per heavy atom. The highest BCUT2D eigenvalue weighted by atomic mass is 32.1. The molecule has 0 aliphatic rings. The number of amides is 2. The molecule has 2 amide bonds. The summed E-state index contributed by atoms with van der Waals surface area (Å²) in [4.78, 5) is 13.3. The average molecular weight is 298 g/mol. The van der Waals surface area contributed by atoms with Crippen LogP contribution in [0.1, 0.15) is 18.5 Å². The molecule has 0 saturated heterocycles. The minimum absolute atomic E-state index is 0.374. The van der Waals surface area contributed by atoms with Crippen LogP contribution in [-0.4, -0.2) is 28.2 Å². The Morgan fingerprint density at radius 1 is 1.40 bits per heavy atom. The molecule has 8 heteroatoms. The molecule has 2 rings (SSSR count). The third kappa shape index (κ3) is 3.08. The van der Waals surface area contributed by atoms with E-state index < -0.39 is 23.7 Å². The smallest absolute Gasteiger partial charge is 0.321 e. The lowest BCUT2D eigenvalue weighted by atomic mass is 10.1. The van der Waals surface area contributed by atoms with Gasteiger partial charge >= 0.3 is 6.03 Å².